The van der Waals surface area contributed by atoms with Gasteiger partial charge in [-0.2, -0.15) is 0 Å². The Kier molecular flexibility index (Phi) is 4.39. The zero-order chi connectivity index (χ0) is 24.6. The van der Waals surface area contributed by atoms with Gasteiger partial charge < -0.3 is 4.57 Å². The number of nitrogens with zero attached hydrogens (tertiary/aromatic N) is 1. The molecule has 0 atom stereocenters. The van der Waals surface area contributed by atoms with Gasteiger partial charge in [0, 0.05) is 21.9 Å². The highest BCUT2D eigenvalue weighted by Crippen LogP contribution is 2.54. The molecule has 0 saturated carbocycles. The number of benzene rings is 5. The first-order chi connectivity index (χ1) is 17.5. The van der Waals surface area contributed by atoms with Crippen LogP contribution in [-0.2, 0) is 5.41 Å². The maximum atomic E-state index is 2.46. The quantitative estimate of drug-likeness (QED) is 0.241. The van der Waals surface area contributed by atoms with E-state index in [9.17, 15) is 0 Å². The standard InChI is InChI=1S/C35H29N/c1-22-12-8-9-15-25(22)31-23(2)18-20-29-32(31)33-30(36(29)24-13-6-5-7-14-24)21-19-27-26-16-10-11-17-28(26)35(3,4)34(27)33/h5-21H,1-4H3. The summed E-state index contributed by atoms with van der Waals surface area (Å²) >= 11 is 0. The fourth-order valence-corrected chi connectivity index (χ4v) is 6.62. The zero-order valence-corrected chi connectivity index (χ0v) is 21.3. The summed E-state index contributed by atoms with van der Waals surface area (Å²) in [6.45, 7) is 9.28. The molecule has 5 aromatic carbocycles. The van der Waals surface area contributed by atoms with Gasteiger partial charge in [0.15, 0.2) is 0 Å². The van der Waals surface area contributed by atoms with Gasteiger partial charge in [0.2, 0.25) is 0 Å². The molecule has 174 valence electrons. The van der Waals surface area contributed by atoms with Crippen LogP contribution >= 0.6 is 0 Å². The fraction of sp³-hybridized carbons (Fsp3) is 0.143. The van der Waals surface area contributed by atoms with Crippen LogP contribution in [0.1, 0.15) is 36.1 Å². The van der Waals surface area contributed by atoms with Crippen LogP contribution in [0.2, 0.25) is 0 Å². The predicted molar refractivity (Wildman–Crippen MR) is 153 cm³/mol. The lowest BCUT2D eigenvalue weighted by atomic mass is 9.79. The van der Waals surface area contributed by atoms with Crippen molar-refractivity contribution in [1.29, 1.82) is 0 Å². The fourth-order valence-electron chi connectivity index (χ4n) is 6.62. The number of hydrogen-bond donors (Lipinski definition) is 0. The van der Waals surface area contributed by atoms with Crippen molar-refractivity contribution in [2.75, 3.05) is 0 Å². The van der Waals surface area contributed by atoms with Gasteiger partial charge in [0.1, 0.15) is 0 Å². The number of aryl methyl sites for hydroxylation is 2. The van der Waals surface area contributed by atoms with E-state index in [-0.39, 0.29) is 5.41 Å². The van der Waals surface area contributed by atoms with Crippen molar-refractivity contribution in [3.8, 4) is 27.9 Å². The largest absolute Gasteiger partial charge is 0.309 e. The first-order valence-corrected chi connectivity index (χ1v) is 12.8. The van der Waals surface area contributed by atoms with E-state index in [0.717, 1.165) is 0 Å². The number of para-hydroxylation sites is 1. The van der Waals surface area contributed by atoms with E-state index in [1.165, 1.54) is 72.0 Å². The van der Waals surface area contributed by atoms with E-state index in [4.69, 9.17) is 0 Å². The Hall–Kier alpha value is -4.10. The van der Waals surface area contributed by atoms with Crippen molar-refractivity contribution in [1.82, 2.24) is 4.57 Å². The number of aromatic nitrogens is 1. The van der Waals surface area contributed by atoms with Gasteiger partial charge in [-0.3, -0.25) is 0 Å². The highest BCUT2D eigenvalue weighted by atomic mass is 15.0. The molecular formula is C35H29N. The molecule has 1 heterocycles. The van der Waals surface area contributed by atoms with Crippen LogP contribution in [0.15, 0.2) is 103 Å². The van der Waals surface area contributed by atoms with Gasteiger partial charge in [-0.15, -0.1) is 0 Å². The Bertz CT molecular complexity index is 1820. The molecule has 0 N–H and O–H groups in total. The maximum absolute atomic E-state index is 2.46. The van der Waals surface area contributed by atoms with E-state index in [1.807, 2.05) is 0 Å². The molecule has 0 saturated heterocycles. The molecular weight excluding hydrogens is 434 g/mol. The van der Waals surface area contributed by atoms with Gasteiger partial charge in [0.05, 0.1) is 11.0 Å². The third kappa shape index (κ3) is 2.72. The van der Waals surface area contributed by atoms with Gasteiger partial charge >= 0.3 is 0 Å². The molecule has 0 radical (unpaired) electrons. The Balaban J connectivity index is 1.75. The van der Waals surface area contributed by atoms with Crippen LogP contribution in [0.4, 0.5) is 0 Å². The second-order valence-electron chi connectivity index (χ2n) is 10.7. The van der Waals surface area contributed by atoms with Crippen LogP contribution in [-0.4, -0.2) is 4.57 Å². The lowest BCUT2D eigenvalue weighted by Gasteiger charge is -2.23. The molecule has 0 amide bonds. The average molecular weight is 464 g/mol. The maximum Gasteiger partial charge on any atom is 0.0547 e. The lowest BCUT2D eigenvalue weighted by molar-refractivity contribution is 0.666. The number of fused-ring (bicyclic) bond motifs is 7. The second-order valence-corrected chi connectivity index (χ2v) is 10.7. The molecule has 6 aromatic rings. The zero-order valence-electron chi connectivity index (χ0n) is 21.3. The molecule has 36 heavy (non-hydrogen) atoms. The van der Waals surface area contributed by atoms with Crippen molar-refractivity contribution in [2.45, 2.75) is 33.1 Å². The Morgan fingerprint density at radius 1 is 0.528 bits per heavy atom. The van der Waals surface area contributed by atoms with E-state index in [1.54, 1.807) is 0 Å². The first-order valence-electron chi connectivity index (χ1n) is 12.8. The summed E-state index contributed by atoms with van der Waals surface area (Å²) in [4.78, 5) is 0. The lowest BCUT2D eigenvalue weighted by Crippen LogP contribution is -2.15. The topological polar surface area (TPSA) is 4.93 Å². The Morgan fingerprint density at radius 3 is 1.94 bits per heavy atom. The van der Waals surface area contributed by atoms with Gasteiger partial charge in [-0.1, -0.05) is 92.7 Å². The van der Waals surface area contributed by atoms with Crippen LogP contribution < -0.4 is 0 Å². The molecule has 7 rings (SSSR count). The summed E-state index contributed by atoms with van der Waals surface area (Å²) in [6.07, 6.45) is 0. The third-order valence-electron chi connectivity index (χ3n) is 8.25. The average Bonchev–Trinajstić information content (AvgIpc) is 3.34. The molecule has 1 aromatic heterocycles. The minimum absolute atomic E-state index is 0.0893. The first kappa shape index (κ1) is 21.2. The molecule has 0 fully saturated rings. The summed E-state index contributed by atoms with van der Waals surface area (Å²) in [7, 11) is 0. The smallest absolute Gasteiger partial charge is 0.0547 e. The minimum atomic E-state index is -0.0893. The monoisotopic (exact) mass is 463 g/mol. The Labute approximate surface area is 212 Å². The van der Waals surface area contributed by atoms with Crippen LogP contribution in [0.3, 0.4) is 0 Å². The minimum Gasteiger partial charge on any atom is -0.309 e. The van der Waals surface area contributed by atoms with Crippen molar-refractivity contribution >= 4 is 21.8 Å². The summed E-state index contributed by atoms with van der Waals surface area (Å²) in [5.41, 5.74) is 14.5. The van der Waals surface area contributed by atoms with Crippen LogP contribution in [0.25, 0.3) is 49.7 Å². The summed E-state index contributed by atoms with van der Waals surface area (Å²) in [5.74, 6) is 0. The van der Waals surface area contributed by atoms with Crippen molar-refractivity contribution < 1.29 is 0 Å². The van der Waals surface area contributed by atoms with Crippen molar-refractivity contribution in [3.05, 3.63) is 125 Å². The highest BCUT2D eigenvalue weighted by Gasteiger charge is 2.38. The summed E-state index contributed by atoms with van der Waals surface area (Å²) in [6, 6.07) is 37.9. The van der Waals surface area contributed by atoms with Gasteiger partial charge in [-0.25, -0.2) is 0 Å². The molecule has 1 aliphatic carbocycles. The Morgan fingerprint density at radius 2 is 1.17 bits per heavy atom. The highest BCUT2D eigenvalue weighted by molar-refractivity contribution is 6.20. The predicted octanol–water partition coefficient (Wildman–Crippen LogP) is 9.37. The SMILES string of the molecule is Cc1ccccc1-c1c(C)ccc2c1c1c3c(ccc1n2-c1ccccc1)-c1ccccc1C3(C)C. The molecule has 0 spiro atoms. The van der Waals surface area contributed by atoms with Gasteiger partial charge in [0.25, 0.3) is 0 Å². The summed E-state index contributed by atoms with van der Waals surface area (Å²) < 4.78 is 2.46. The molecule has 1 heteroatoms. The van der Waals surface area contributed by atoms with Crippen molar-refractivity contribution in [2.24, 2.45) is 0 Å². The third-order valence-corrected chi connectivity index (χ3v) is 8.25. The summed E-state index contributed by atoms with van der Waals surface area (Å²) in [5, 5.41) is 2.75. The normalized spacial score (nSPS) is 13.8. The molecule has 1 nitrogen and oxygen atoms in total. The number of hydrogen-bond acceptors (Lipinski definition) is 0. The van der Waals surface area contributed by atoms with E-state index < -0.39 is 0 Å². The van der Waals surface area contributed by atoms with Crippen LogP contribution in [0.5, 0.6) is 0 Å². The molecule has 0 bridgehead atoms. The van der Waals surface area contributed by atoms with E-state index in [0.29, 0.717) is 0 Å². The molecule has 1 aliphatic rings. The van der Waals surface area contributed by atoms with E-state index in [2.05, 4.69) is 135 Å². The number of rotatable bonds is 2. The molecule has 0 aliphatic heterocycles. The van der Waals surface area contributed by atoms with E-state index >= 15 is 0 Å². The van der Waals surface area contributed by atoms with Crippen LogP contribution in [0, 0.1) is 13.8 Å². The second kappa shape index (κ2) is 7.45. The van der Waals surface area contributed by atoms with Crippen molar-refractivity contribution in [3.63, 3.8) is 0 Å². The molecule has 0 unspecified atom stereocenters. The van der Waals surface area contributed by atoms with Gasteiger partial charge in [-0.05, 0) is 82.6 Å².